The third kappa shape index (κ3) is 6.83. The van der Waals surface area contributed by atoms with Gasteiger partial charge < -0.3 is 24.2 Å². The largest absolute Gasteiger partial charge is 0.493 e. The van der Waals surface area contributed by atoms with Crippen molar-refractivity contribution in [2.75, 3.05) is 51.2 Å². The Labute approximate surface area is 234 Å². The van der Waals surface area contributed by atoms with Crippen LogP contribution in [-0.2, 0) is 19.6 Å². The molecule has 1 amide bonds. The summed E-state index contributed by atoms with van der Waals surface area (Å²) < 4.78 is 42.5. The minimum atomic E-state index is -3.48. The van der Waals surface area contributed by atoms with Gasteiger partial charge in [-0.05, 0) is 36.6 Å². The van der Waals surface area contributed by atoms with Crippen molar-refractivity contribution in [1.82, 2.24) is 9.62 Å². The number of amides is 1. The van der Waals surface area contributed by atoms with E-state index in [0.29, 0.717) is 29.4 Å². The number of carboxylic acids is 1. The second-order valence-corrected chi connectivity index (χ2v) is 11.9. The molecular weight excluding hydrogens is 540 g/mol. The first-order valence-corrected chi connectivity index (χ1v) is 15.2. The molecule has 3 atom stereocenters. The van der Waals surface area contributed by atoms with E-state index in [1.165, 1.54) is 7.11 Å². The summed E-state index contributed by atoms with van der Waals surface area (Å²) in [5.41, 5.74) is 1.41. The molecule has 0 unspecified atom stereocenters. The highest BCUT2D eigenvalue weighted by atomic mass is 32.2. The number of nitrogens with one attached hydrogen (secondary N) is 2. The van der Waals surface area contributed by atoms with Gasteiger partial charge in [-0.3, -0.25) is 14.5 Å². The molecular formula is C27H37N4O8S+. The van der Waals surface area contributed by atoms with E-state index in [1.54, 1.807) is 29.4 Å². The van der Waals surface area contributed by atoms with Gasteiger partial charge in [-0.1, -0.05) is 13.3 Å². The first-order valence-electron chi connectivity index (χ1n) is 13.3. The van der Waals surface area contributed by atoms with Gasteiger partial charge in [-0.25, -0.2) is 18.1 Å². The Morgan fingerprint density at radius 2 is 2.10 bits per heavy atom. The van der Waals surface area contributed by atoms with Crippen LogP contribution in [0.25, 0.3) is 0 Å². The zero-order valence-electron chi connectivity index (χ0n) is 23.0. The summed E-state index contributed by atoms with van der Waals surface area (Å²) in [5, 5.41) is 10.4. The van der Waals surface area contributed by atoms with Crippen LogP contribution in [0, 0.1) is 5.92 Å². The number of aromatic amines is 1. The third-order valence-corrected chi connectivity index (χ3v) is 8.05. The molecule has 0 spiro atoms. The summed E-state index contributed by atoms with van der Waals surface area (Å²) >= 11 is 0. The number of hydrogen-bond acceptors (Lipinski definition) is 8. The highest BCUT2D eigenvalue weighted by Gasteiger charge is 2.47. The highest BCUT2D eigenvalue weighted by molar-refractivity contribution is 7.88. The van der Waals surface area contributed by atoms with Crippen molar-refractivity contribution in [1.29, 1.82) is 0 Å². The first kappa shape index (κ1) is 29.6. The molecule has 0 saturated carbocycles. The molecule has 2 aliphatic rings. The number of anilines is 1. The summed E-state index contributed by atoms with van der Waals surface area (Å²) in [6.07, 6.45) is 6.50. The number of ether oxygens (including phenoxy) is 3. The monoisotopic (exact) mass is 577 g/mol. The molecule has 13 heteroatoms. The number of aliphatic carboxylic acids is 1. The summed E-state index contributed by atoms with van der Waals surface area (Å²) in [5.74, 6) is -1.24. The molecule has 1 aromatic carbocycles. The van der Waals surface area contributed by atoms with Gasteiger partial charge in [0.05, 0.1) is 25.8 Å². The van der Waals surface area contributed by atoms with Crippen LogP contribution in [0.1, 0.15) is 37.7 Å². The van der Waals surface area contributed by atoms with Crippen molar-refractivity contribution >= 4 is 27.6 Å². The number of hydrogen-bond donors (Lipinski definition) is 2. The number of sulfonamides is 1. The molecule has 1 fully saturated rings. The van der Waals surface area contributed by atoms with Crippen LogP contribution in [0.3, 0.4) is 0 Å². The Morgan fingerprint density at radius 3 is 2.75 bits per heavy atom. The lowest BCUT2D eigenvalue weighted by molar-refractivity contribution is -0.377. The van der Waals surface area contributed by atoms with Gasteiger partial charge in [-0.15, -0.1) is 0 Å². The third-order valence-electron chi connectivity index (χ3n) is 7.32. The average molecular weight is 578 g/mol. The fourth-order valence-electron chi connectivity index (χ4n) is 5.47. The molecule has 1 aromatic heterocycles. The molecule has 0 aliphatic carbocycles. The van der Waals surface area contributed by atoms with Gasteiger partial charge in [0.2, 0.25) is 28.5 Å². The number of methoxy groups -OCH3 is 1. The van der Waals surface area contributed by atoms with Gasteiger partial charge in [0.25, 0.3) is 0 Å². The predicted molar refractivity (Wildman–Crippen MR) is 146 cm³/mol. The number of carbonyl (C=O) groups excluding carboxylic acids is 1. The zero-order valence-corrected chi connectivity index (χ0v) is 23.8. The Hall–Kier alpha value is -3.42. The van der Waals surface area contributed by atoms with Gasteiger partial charge in [0, 0.05) is 37.7 Å². The Morgan fingerprint density at radius 1 is 1.30 bits per heavy atom. The van der Waals surface area contributed by atoms with Crippen molar-refractivity contribution in [3.8, 4) is 17.2 Å². The van der Waals surface area contributed by atoms with Crippen LogP contribution in [0.5, 0.6) is 17.2 Å². The van der Waals surface area contributed by atoms with Gasteiger partial charge in [0.1, 0.15) is 5.69 Å². The topological polar surface area (TPSA) is 149 Å². The van der Waals surface area contributed by atoms with Gasteiger partial charge in [-0.2, -0.15) is 0 Å². The number of fused-ring (bicyclic) bond motifs is 1. The molecule has 40 heavy (non-hydrogen) atoms. The Bertz CT molecular complexity index is 1310. The zero-order chi connectivity index (χ0) is 28.9. The lowest BCUT2D eigenvalue weighted by Gasteiger charge is -2.29. The highest BCUT2D eigenvalue weighted by Crippen LogP contribution is 2.47. The Kier molecular flexibility index (Phi) is 9.48. The van der Waals surface area contributed by atoms with Crippen molar-refractivity contribution in [2.24, 2.45) is 5.92 Å². The minimum absolute atomic E-state index is 0.0237. The number of aromatic nitrogens is 1. The van der Waals surface area contributed by atoms with E-state index in [2.05, 4.69) is 9.71 Å². The molecule has 3 N–H and O–H groups in total. The number of pyridine rings is 1. The maximum absolute atomic E-state index is 13.7. The Balaban J connectivity index is 1.66. The molecule has 2 aromatic rings. The molecule has 12 nitrogen and oxygen atoms in total. The number of unbranched alkanes of at least 4 members (excludes halogenated alkanes) is 1. The van der Waals surface area contributed by atoms with Crippen LogP contribution >= 0.6 is 0 Å². The van der Waals surface area contributed by atoms with Gasteiger partial charge >= 0.3 is 5.97 Å². The maximum atomic E-state index is 13.7. The smallest absolute Gasteiger partial charge is 0.308 e. The van der Waals surface area contributed by atoms with Crippen molar-refractivity contribution in [3.63, 3.8) is 0 Å². The molecule has 1 saturated heterocycles. The van der Waals surface area contributed by atoms with E-state index in [-0.39, 0.29) is 38.8 Å². The van der Waals surface area contributed by atoms with Crippen LogP contribution in [0.2, 0.25) is 0 Å². The summed E-state index contributed by atoms with van der Waals surface area (Å²) in [4.78, 5) is 33.0. The average Bonchev–Trinajstić information content (AvgIpc) is 3.53. The molecule has 218 valence electrons. The number of rotatable bonds is 13. The summed E-state index contributed by atoms with van der Waals surface area (Å²) in [7, 11) is -1.98. The van der Waals surface area contributed by atoms with Crippen LogP contribution in [0.4, 0.5) is 5.69 Å². The fourth-order valence-corrected chi connectivity index (χ4v) is 5.96. The molecule has 4 rings (SSSR count). The number of carboxylic acid groups (broad SMARTS) is 1. The van der Waals surface area contributed by atoms with Crippen molar-refractivity contribution in [2.45, 2.75) is 38.1 Å². The van der Waals surface area contributed by atoms with E-state index in [0.717, 1.165) is 24.8 Å². The summed E-state index contributed by atoms with van der Waals surface area (Å²) in [6, 6.07) is 6.57. The number of likely N-dealkylation sites (tertiary alicyclic amines) is 1. The van der Waals surface area contributed by atoms with E-state index in [9.17, 15) is 23.1 Å². The second-order valence-electron chi connectivity index (χ2n) is 10.0. The SMILES string of the molecule is CCCCN(C(=O)CN1C[C@H](c2cc(OC)c3c(c2)OCO3)[C@@H](C(=O)O)[C@@H]1CCNS(C)(=O)=O)c1ccc[nH+]c1. The van der Waals surface area contributed by atoms with Crippen molar-refractivity contribution < 1.29 is 42.3 Å². The van der Waals surface area contributed by atoms with Gasteiger partial charge in [0.15, 0.2) is 23.9 Å². The molecule has 0 bridgehead atoms. The maximum Gasteiger partial charge on any atom is 0.308 e. The van der Waals surface area contributed by atoms with Crippen LogP contribution in [-0.4, -0.2) is 82.7 Å². The number of nitrogens with zero attached hydrogens (tertiary/aromatic N) is 2. The molecule has 2 aliphatic heterocycles. The fraction of sp³-hybridized carbons (Fsp3) is 0.519. The minimum Gasteiger partial charge on any atom is -0.493 e. The van der Waals surface area contributed by atoms with E-state index < -0.39 is 33.9 Å². The van der Waals surface area contributed by atoms with E-state index >= 15 is 0 Å². The second kappa shape index (κ2) is 12.8. The van der Waals surface area contributed by atoms with E-state index in [4.69, 9.17) is 14.2 Å². The lowest BCUT2D eigenvalue weighted by Crippen LogP contribution is -2.45. The quantitative estimate of drug-likeness (QED) is 0.361. The van der Waals surface area contributed by atoms with Crippen LogP contribution in [0.15, 0.2) is 36.7 Å². The molecule has 3 heterocycles. The predicted octanol–water partition coefficient (Wildman–Crippen LogP) is 1.48. The van der Waals surface area contributed by atoms with Crippen molar-refractivity contribution in [3.05, 3.63) is 42.2 Å². The number of H-pyrrole nitrogens is 1. The normalized spacial score (nSPS) is 20.4. The standard InChI is InChI=1S/C27H36N4O8S/c1-4-5-11-31(19-7-6-9-28-14-19)24(32)16-30-15-20(18-12-22(37-2)26-23(13-18)38-17-39-26)25(27(33)34)21(30)8-10-29-40(3,35)36/h6-7,9,12-14,20-21,25,29H,4-5,8,10-11,15-17H2,1-3H3,(H,33,34)/p+1/t20-,21+,25-/m1/s1. The lowest BCUT2D eigenvalue weighted by atomic mass is 9.84. The van der Waals surface area contributed by atoms with Crippen LogP contribution < -0.4 is 28.8 Å². The summed E-state index contributed by atoms with van der Waals surface area (Å²) in [6.45, 7) is 2.90. The molecule has 0 radical (unpaired) electrons. The number of carbonyl (C=O) groups is 2. The first-order chi connectivity index (χ1) is 19.1. The van der Waals surface area contributed by atoms with E-state index in [1.807, 2.05) is 24.0 Å². The number of benzene rings is 1.